The lowest BCUT2D eigenvalue weighted by molar-refractivity contribution is -0.383. The van der Waals surface area contributed by atoms with E-state index in [4.69, 9.17) is 5.73 Å². The summed E-state index contributed by atoms with van der Waals surface area (Å²) in [5.41, 5.74) is 9.18. The van der Waals surface area contributed by atoms with E-state index >= 15 is 0 Å². The van der Waals surface area contributed by atoms with Crippen LogP contribution in [-0.4, -0.2) is 11.5 Å². The molecule has 0 atom stereocenters. The van der Waals surface area contributed by atoms with Crippen molar-refractivity contribution >= 4 is 17.1 Å². The van der Waals surface area contributed by atoms with Gasteiger partial charge in [-0.3, -0.25) is 10.1 Å². The van der Waals surface area contributed by atoms with Crippen molar-refractivity contribution in [1.29, 1.82) is 0 Å². The number of nitro benzene ring substituents is 1. The van der Waals surface area contributed by atoms with Gasteiger partial charge in [0.2, 0.25) is 0 Å². The number of para-hydroxylation sites is 1. The fourth-order valence-electron chi connectivity index (χ4n) is 2.24. The molecule has 0 aliphatic heterocycles. The van der Waals surface area contributed by atoms with E-state index in [0.29, 0.717) is 6.54 Å². The van der Waals surface area contributed by atoms with E-state index in [0.717, 1.165) is 17.8 Å². The standard InChI is InChI=1S/C16H19N3O2/c1-3-18(14-9-7-12(2)8-10-14)11-13-5-4-6-15(16(13)17)19(20)21/h4-10H,3,11,17H2,1-2H3. The lowest BCUT2D eigenvalue weighted by Crippen LogP contribution is -2.22. The smallest absolute Gasteiger partial charge is 0.292 e. The van der Waals surface area contributed by atoms with E-state index < -0.39 is 4.92 Å². The summed E-state index contributed by atoms with van der Waals surface area (Å²) in [6.07, 6.45) is 0. The van der Waals surface area contributed by atoms with Crippen molar-refractivity contribution in [1.82, 2.24) is 0 Å². The SMILES string of the molecule is CCN(Cc1cccc([N+](=O)[O-])c1N)c1ccc(C)cc1. The van der Waals surface area contributed by atoms with Gasteiger partial charge in [0.15, 0.2) is 0 Å². The normalized spacial score (nSPS) is 10.4. The van der Waals surface area contributed by atoms with Crippen LogP contribution in [0.5, 0.6) is 0 Å². The van der Waals surface area contributed by atoms with E-state index in [9.17, 15) is 10.1 Å². The van der Waals surface area contributed by atoms with Crippen molar-refractivity contribution in [3.8, 4) is 0 Å². The topological polar surface area (TPSA) is 72.4 Å². The van der Waals surface area contributed by atoms with Gasteiger partial charge >= 0.3 is 0 Å². The number of rotatable bonds is 5. The Morgan fingerprint density at radius 1 is 1.19 bits per heavy atom. The van der Waals surface area contributed by atoms with Crippen LogP contribution >= 0.6 is 0 Å². The molecule has 0 spiro atoms. The van der Waals surface area contributed by atoms with Gasteiger partial charge in [-0.05, 0) is 26.0 Å². The predicted molar refractivity (Wildman–Crippen MR) is 85.4 cm³/mol. The van der Waals surface area contributed by atoms with Crippen LogP contribution in [0.4, 0.5) is 17.1 Å². The molecule has 0 aliphatic rings. The maximum Gasteiger partial charge on any atom is 0.292 e. The van der Waals surface area contributed by atoms with E-state index in [1.807, 2.05) is 32.0 Å². The van der Waals surface area contributed by atoms with Crippen LogP contribution < -0.4 is 10.6 Å². The molecule has 0 saturated carbocycles. The van der Waals surface area contributed by atoms with Crippen molar-refractivity contribution in [3.63, 3.8) is 0 Å². The Labute approximate surface area is 124 Å². The van der Waals surface area contributed by atoms with Gasteiger partial charge in [-0.1, -0.05) is 29.8 Å². The van der Waals surface area contributed by atoms with Gasteiger partial charge in [-0.25, -0.2) is 0 Å². The van der Waals surface area contributed by atoms with Crippen molar-refractivity contribution in [2.45, 2.75) is 20.4 Å². The van der Waals surface area contributed by atoms with E-state index in [1.54, 1.807) is 6.07 Å². The number of anilines is 2. The first-order valence-electron chi connectivity index (χ1n) is 6.86. The number of hydrogen-bond acceptors (Lipinski definition) is 4. The fraction of sp³-hybridized carbons (Fsp3) is 0.250. The molecule has 0 bridgehead atoms. The van der Waals surface area contributed by atoms with Gasteiger partial charge in [0.05, 0.1) is 4.92 Å². The highest BCUT2D eigenvalue weighted by atomic mass is 16.6. The second-order valence-electron chi connectivity index (χ2n) is 4.96. The van der Waals surface area contributed by atoms with Gasteiger partial charge in [0, 0.05) is 30.4 Å². The Hall–Kier alpha value is -2.56. The first kappa shape index (κ1) is 14.8. The van der Waals surface area contributed by atoms with Gasteiger partial charge in [0.25, 0.3) is 5.69 Å². The zero-order valence-corrected chi connectivity index (χ0v) is 12.2. The molecule has 2 aromatic carbocycles. The lowest BCUT2D eigenvalue weighted by Gasteiger charge is -2.24. The molecule has 5 nitrogen and oxygen atoms in total. The van der Waals surface area contributed by atoms with Crippen LogP contribution in [0.25, 0.3) is 0 Å². The molecule has 0 heterocycles. The van der Waals surface area contributed by atoms with Crippen LogP contribution in [-0.2, 0) is 6.54 Å². The second kappa shape index (κ2) is 6.26. The molecule has 0 aliphatic carbocycles. The first-order valence-corrected chi connectivity index (χ1v) is 6.86. The summed E-state index contributed by atoms with van der Waals surface area (Å²) in [6, 6.07) is 13.1. The lowest BCUT2D eigenvalue weighted by atomic mass is 10.1. The highest BCUT2D eigenvalue weighted by Gasteiger charge is 2.16. The number of nitrogen functional groups attached to an aromatic ring is 1. The number of hydrogen-bond donors (Lipinski definition) is 1. The van der Waals surface area contributed by atoms with Crippen LogP contribution in [0.15, 0.2) is 42.5 Å². The summed E-state index contributed by atoms with van der Waals surface area (Å²) >= 11 is 0. The third-order valence-electron chi connectivity index (χ3n) is 3.51. The summed E-state index contributed by atoms with van der Waals surface area (Å²) in [5, 5.41) is 10.9. The Bertz CT molecular complexity index is 638. The quantitative estimate of drug-likeness (QED) is 0.518. The summed E-state index contributed by atoms with van der Waals surface area (Å²) in [5.74, 6) is 0. The van der Waals surface area contributed by atoms with E-state index in [-0.39, 0.29) is 11.4 Å². The van der Waals surface area contributed by atoms with Crippen molar-refractivity contribution in [2.75, 3.05) is 17.2 Å². The molecule has 5 heteroatoms. The van der Waals surface area contributed by atoms with Crippen LogP contribution in [0.1, 0.15) is 18.1 Å². The molecule has 21 heavy (non-hydrogen) atoms. The molecule has 2 rings (SSSR count). The summed E-state index contributed by atoms with van der Waals surface area (Å²) < 4.78 is 0. The summed E-state index contributed by atoms with van der Waals surface area (Å²) in [7, 11) is 0. The highest BCUT2D eigenvalue weighted by Crippen LogP contribution is 2.27. The zero-order chi connectivity index (χ0) is 15.4. The number of nitrogens with two attached hydrogens (primary N) is 1. The molecule has 2 aromatic rings. The van der Waals surface area contributed by atoms with Crippen LogP contribution in [0.2, 0.25) is 0 Å². The summed E-state index contributed by atoms with van der Waals surface area (Å²) in [6.45, 7) is 5.43. The molecular weight excluding hydrogens is 266 g/mol. The minimum atomic E-state index is -0.443. The molecule has 0 amide bonds. The average Bonchev–Trinajstić information content (AvgIpc) is 2.47. The minimum absolute atomic E-state index is 0.0348. The molecule has 0 aromatic heterocycles. The molecular formula is C16H19N3O2. The third kappa shape index (κ3) is 3.31. The monoisotopic (exact) mass is 285 g/mol. The summed E-state index contributed by atoms with van der Waals surface area (Å²) in [4.78, 5) is 12.6. The van der Waals surface area contributed by atoms with Gasteiger partial charge < -0.3 is 10.6 Å². The van der Waals surface area contributed by atoms with Crippen molar-refractivity contribution in [3.05, 3.63) is 63.7 Å². The largest absolute Gasteiger partial charge is 0.393 e. The molecule has 0 unspecified atom stereocenters. The van der Waals surface area contributed by atoms with E-state index in [1.165, 1.54) is 11.6 Å². The number of aryl methyl sites for hydroxylation is 1. The molecule has 2 N–H and O–H groups in total. The van der Waals surface area contributed by atoms with Gasteiger partial charge in [-0.2, -0.15) is 0 Å². The Balaban J connectivity index is 2.29. The first-order chi connectivity index (χ1) is 10.0. The Morgan fingerprint density at radius 2 is 1.86 bits per heavy atom. The van der Waals surface area contributed by atoms with E-state index in [2.05, 4.69) is 17.0 Å². The number of nitro groups is 1. The third-order valence-corrected chi connectivity index (χ3v) is 3.51. The highest BCUT2D eigenvalue weighted by molar-refractivity contribution is 5.64. The van der Waals surface area contributed by atoms with Crippen LogP contribution in [0, 0.1) is 17.0 Å². The second-order valence-corrected chi connectivity index (χ2v) is 4.96. The minimum Gasteiger partial charge on any atom is -0.393 e. The van der Waals surface area contributed by atoms with Crippen molar-refractivity contribution in [2.24, 2.45) is 0 Å². The maximum atomic E-state index is 10.9. The zero-order valence-electron chi connectivity index (χ0n) is 12.2. The van der Waals surface area contributed by atoms with Crippen LogP contribution in [0.3, 0.4) is 0 Å². The number of benzene rings is 2. The van der Waals surface area contributed by atoms with Gasteiger partial charge in [-0.15, -0.1) is 0 Å². The number of nitrogens with zero attached hydrogens (tertiary/aromatic N) is 2. The Morgan fingerprint density at radius 3 is 2.43 bits per heavy atom. The fourth-order valence-corrected chi connectivity index (χ4v) is 2.24. The Kier molecular flexibility index (Phi) is 4.42. The maximum absolute atomic E-state index is 10.9. The molecule has 0 saturated heterocycles. The molecule has 110 valence electrons. The molecule has 0 radical (unpaired) electrons. The average molecular weight is 285 g/mol. The van der Waals surface area contributed by atoms with Crippen molar-refractivity contribution < 1.29 is 4.92 Å². The van der Waals surface area contributed by atoms with Gasteiger partial charge in [0.1, 0.15) is 5.69 Å². The predicted octanol–water partition coefficient (Wildman–Crippen LogP) is 3.51. The molecule has 0 fully saturated rings.